The molecule has 1 aliphatic heterocycles. The predicted octanol–water partition coefficient (Wildman–Crippen LogP) is 3.66. The summed E-state index contributed by atoms with van der Waals surface area (Å²) in [5.74, 6) is 0. The first-order chi connectivity index (χ1) is 8.18. The van der Waals surface area contributed by atoms with Crippen molar-refractivity contribution in [2.75, 3.05) is 13.1 Å². The van der Waals surface area contributed by atoms with E-state index in [0.29, 0.717) is 15.0 Å². The molecule has 1 aromatic carbocycles. The Labute approximate surface area is 117 Å². The van der Waals surface area contributed by atoms with E-state index in [0.717, 1.165) is 18.7 Å². The van der Waals surface area contributed by atoms with E-state index in [1.807, 2.05) is 6.07 Å². The van der Waals surface area contributed by atoms with E-state index in [2.05, 4.69) is 10.4 Å². The highest BCUT2D eigenvalue weighted by Gasteiger charge is 2.15. The minimum atomic E-state index is 0.590. The first-order valence-electron chi connectivity index (χ1n) is 5.68. The molecule has 5 heteroatoms. The number of thiocarbonyl (C=S) groups is 1. The van der Waals surface area contributed by atoms with Crippen LogP contribution in [0.2, 0.25) is 10.0 Å². The van der Waals surface area contributed by atoms with Crippen molar-refractivity contribution < 1.29 is 0 Å². The van der Waals surface area contributed by atoms with Crippen LogP contribution in [-0.2, 0) is 0 Å². The summed E-state index contributed by atoms with van der Waals surface area (Å²) >= 11 is 17.6. The molecule has 0 aromatic heterocycles. The zero-order valence-electron chi connectivity index (χ0n) is 9.38. The van der Waals surface area contributed by atoms with Crippen LogP contribution in [0.1, 0.15) is 24.8 Å². The Morgan fingerprint density at radius 2 is 1.71 bits per heavy atom. The molecule has 17 heavy (non-hydrogen) atoms. The summed E-state index contributed by atoms with van der Waals surface area (Å²) in [7, 11) is 0. The molecule has 1 saturated heterocycles. The molecular weight excluding hydrogens is 275 g/mol. The second kappa shape index (κ2) is 6.01. The van der Waals surface area contributed by atoms with Gasteiger partial charge in [0.05, 0.1) is 10.0 Å². The molecule has 1 fully saturated rings. The van der Waals surface area contributed by atoms with Gasteiger partial charge in [0, 0.05) is 18.7 Å². The third-order valence-electron chi connectivity index (χ3n) is 2.81. The Kier molecular flexibility index (Phi) is 4.62. The summed E-state index contributed by atoms with van der Waals surface area (Å²) in [5.41, 5.74) is 3.93. The van der Waals surface area contributed by atoms with Crippen LogP contribution >= 0.6 is 35.4 Å². The summed E-state index contributed by atoms with van der Waals surface area (Å²) in [5, 5.41) is 3.31. The van der Waals surface area contributed by atoms with Gasteiger partial charge in [-0.3, -0.25) is 0 Å². The predicted molar refractivity (Wildman–Crippen MR) is 76.7 cm³/mol. The summed E-state index contributed by atoms with van der Waals surface area (Å²) in [6.45, 7) is 2.03. The van der Waals surface area contributed by atoms with Crippen LogP contribution in [-0.4, -0.2) is 23.1 Å². The topological polar surface area (TPSA) is 15.3 Å². The number of hydrazine groups is 1. The van der Waals surface area contributed by atoms with Crippen molar-refractivity contribution in [1.82, 2.24) is 10.4 Å². The minimum absolute atomic E-state index is 0.590. The van der Waals surface area contributed by atoms with Gasteiger partial charge in [0.15, 0.2) is 0 Å². The van der Waals surface area contributed by atoms with Crippen LogP contribution in [0.15, 0.2) is 18.2 Å². The molecule has 0 spiro atoms. The largest absolute Gasteiger partial charge is 0.309 e. The number of halogens is 2. The number of hydrogen-bond acceptors (Lipinski definition) is 2. The van der Waals surface area contributed by atoms with Crippen molar-refractivity contribution in [2.24, 2.45) is 0 Å². The molecule has 0 bridgehead atoms. The maximum Gasteiger partial charge on any atom is 0.124 e. The molecule has 2 rings (SSSR count). The van der Waals surface area contributed by atoms with E-state index in [4.69, 9.17) is 35.4 Å². The fraction of sp³-hybridized carbons (Fsp3) is 0.417. The zero-order valence-corrected chi connectivity index (χ0v) is 11.7. The average molecular weight is 289 g/mol. The maximum absolute atomic E-state index is 6.11. The molecule has 0 amide bonds. The van der Waals surface area contributed by atoms with E-state index < -0.39 is 0 Å². The molecule has 0 aliphatic carbocycles. The van der Waals surface area contributed by atoms with E-state index in [-0.39, 0.29) is 0 Å². The van der Waals surface area contributed by atoms with Gasteiger partial charge in [-0.25, -0.2) is 5.01 Å². The van der Waals surface area contributed by atoms with E-state index in [1.165, 1.54) is 19.3 Å². The van der Waals surface area contributed by atoms with Crippen LogP contribution in [0.3, 0.4) is 0 Å². The third kappa shape index (κ3) is 3.32. The highest BCUT2D eigenvalue weighted by atomic mass is 35.5. The van der Waals surface area contributed by atoms with Gasteiger partial charge >= 0.3 is 0 Å². The summed E-state index contributed by atoms with van der Waals surface area (Å²) < 4.78 is 0. The first kappa shape index (κ1) is 13.1. The van der Waals surface area contributed by atoms with Crippen LogP contribution < -0.4 is 5.43 Å². The molecule has 0 atom stereocenters. The molecular formula is C12H14Cl2N2S. The van der Waals surface area contributed by atoms with Gasteiger partial charge in [-0.05, 0) is 25.0 Å². The maximum atomic E-state index is 6.11. The smallest absolute Gasteiger partial charge is 0.124 e. The van der Waals surface area contributed by atoms with Gasteiger partial charge in [0.1, 0.15) is 4.99 Å². The lowest BCUT2D eigenvalue weighted by atomic mass is 10.2. The first-order valence-corrected chi connectivity index (χ1v) is 6.85. The van der Waals surface area contributed by atoms with Crippen LogP contribution in [0.4, 0.5) is 0 Å². The number of nitrogens with zero attached hydrogens (tertiary/aromatic N) is 1. The Bertz CT molecular complexity index is 397. The Morgan fingerprint density at radius 3 is 2.29 bits per heavy atom. The lowest BCUT2D eigenvalue weighted by molar-refractivity contribution is 0.196. The van der Waals surface area contributed by atoms with E-state index >= 15 is 0 Å². The van der Waals surface area contributed by atoms with Crippen LogP contribution in [0, 0.1) is 0 Å². The summed E-state index contributed by atoms with van der Waals surface area (Å²) in [6, 6.07) is 5.41. The van der Waals surface area contributed by atoms with Gasteiger partial charge in [0.25, 0.3) is 0 Å². The molecule has 1 heterocycles. The van der Waals surface area contributed by atoms with Gasteiger partial charge < -0.3 is 5.43 Å². The number of benzene rings is 1. The summed E-state index contributed by atoms with van der Waals surface area (Å²) in [6.07, 6.45) is 3.69. The van der Waals surface area contributed by atoms with Gasteiger partial charge in [0.2, 0.25) is 0 Å². The Balaban J connectivity index is 2.08. The monoisotopic (exact) mass is 288 g/mol. The van der Waals surface area contributed by atoms with Crippen LogP contribution in [0.25, 0.3) is 0 Å². The molecule has 1 N–H and O–H groups in total. The highest BCUT2D eigenvalue weighted by Crippen LogP contribution is 2.24. The minimum Gasteiger partial charge on any atom is -0.309 e. The number of nitrogens with one attached hydrogen (secondary N) is 1. The van der Waals surface area contributed by atoms with Crippen molar-refractivity contribution in [3.63, 3.8) is 0 Å². The second-order valence-corrected chi connectivity index (χ2v) is 5.31. The second-order valence-electron chi connectivity index (χ2n) is 4.09. The molecule has 1 aliphatic rings. The van der Waals surface area contributed by atoms with E-state index in [9.17, 15) is 0 Å². The average Bonchev–Trinajstić information content (AvgIpc) is 2.30. The lowest BCUT2D eigenvalue weighted by Crippen LogP contribution is -2.44. The SMILES string of the molecule is S=C(NN1CCCCC1)c1c(Cl)cccc1Cl. The third-order valence-corrected chi connectivity index (χ3v) is 3.73. The van der Waals surface area contributed by atoms with Crippen molar-refractivity contribution in [3.8, 4) is 0 Å². The Morgan fingerprint density at radius 1 is 1.12 bits per heavy atom. The molecule has 1 aromatic rings. The standard InChI is InChI=1S/C12H14Cl2N2S/c13-9-5-4-6-10(14)11(9)12(17)15-16-7-2-1-3-8-16/h4-6H,1-3,7-8H2,(H,15,17). The number of rotatable bonds is 2. The van der Waals surface area contributed by atoms with Crippen molar-refractivity contribution >= 4 is 40.4 Å². The number of piperidine rings is 1. The highest BCUT2D eigenvalue weighted by molar-refractivity contribution is 7.80. The quantitative estimate of drug-likeness (QED) is 0.836. The fourth-order valence-corrected chi connectivity index (χ4v) is 2.97. The summed E-state index contributed by atoms with van der Waals surface area (Å²) in [4.78, 5) is 0.600. The number of hydrogen-bond donors (Lipinski definition) is 1. The zero-order chi connectivity index (χ0) is 12.3. The Hall–Kier alpha value is -0.350. The fourth-order valence-electron chi connectivity index (χ4n) is 1.92. The normalized spacial score (nSPS) is 16.8. The molecule has 92 valence electrons. The lowest BCUT2D eigenvalue weighted by Gasteiger charge is -2.28. The van der Waals surface area contributed by atoms with Crippen LogP contribution in [0.5, 0.6) is 0 Å². The van der Waals surface area contributed by atoms with Crippen molar-refractivity contribution in [1.29, 1.82) is 0 Å². The van der Waals surface area contributed by atoms with Gasteiger partial charge in [-0.15, -0.1) is 0 Å². The molecule has 0 saturated carbocycles. The van der Waals surface area contributed by atoms with Gasteiger partial charge in [-0.1, -0.05) is 47.9 Å². The molecule has 0 radical (unpaired) electrons. The van der Waals surface area contributed by atoms with Crippen molar-refractivity contribution in [3.05, 3.63) is 33.8 Å². The van der Waals surface area contributed by atoms with E-state index in [1.54, 1.807) is 12.1 Å². The van der Waals surface area contributed by atoms with Crippen molar-refractivity contribution in [2.45, 2.75) is 19.3 Å². The van der Waals surface area contributed by atoms with Gasteiger partial charge in [-0.2, -0.15) is 0 Å². The molecule has 2 nitrogen and oxygen atoms in total. The molecule has 0 unspecified atom stereocenters.